The van der Waals surface area contributed by atoms with E-state index in [-0.39, 0.29) is 5.78 Å². The van der Waals surface area contributed by atoms with Gasteiger partial charge < -0.3 is 8.98 Å². The summed E-state index contributed by atoms with van der Waals surface area (Å²) < 4.78 is 7.18. The molecule has 0 aromatic carbocycles. The van der Waals surface area contributed by atoms with E-state index in [1.54, 1.807) is 23.1 Å². The number of aromatic nitrogens is 1. The van der Waals surface area contributed by atoms with Gasteiger partial charge in [-0.05, 0) is 47.6 Å². The monoisotopic (exact) mass is 293 g/mol. The minimum absolute atomic E-state index is 0.179. The van der Waals surface area contributed by atoms with Gasteiger partial charge in [0.05, 0.1) is 22.5 Å². The van der Waals surface area contributed by atoms with Crippen LogP contribution in [0.25, 0.3) is 17.7 Å². The van der Waals surface area contributed by atoms with Gasteiger partial charge in [0.15, 0.2) is 5.76 Å². The molecule has 0 aliphatic rings. The lowest BCUT2D eigenvalue weighted by atomic mass is 10.3. The van der Waals surface area contributed by atoms with Crippen LogP contribution in [0.4, 0.5) is 0 Å². The van der Waals surface area contributed by atoms with Crippen molar-refractivity contribution in [1.29, 1.82) is 0 Å². The molecular formula is C17H11NO2S. The van der Waals surface area contributed by atoms with Gasteiger partial charge in [0, 0.05) is 6.20 Å². The van der Waals surface area contributed by atoms with Crippen molar-refractivity contribution in [3.63, 3.8) is 0 Å². The molecular weight excluding hydrogens is 282 g/mol. The van der Waals surface area contributed by atoms with Crippen molar-refractivity contribution in [2.75, 3.05) is 0 Å². The predicted octanol–water partition coefficient (Wildman–Crippen LogP) is 4.14. The van der Waals surface area contributed by atoms with Crippen LogP contribution in [0, 0.1) is 11.8 Å². The molecule has 0 aliphatic carbocycles. The Morgan fingerprint density at radius 1 is 1.29 bits per heavy atom. The van der Waals surface area contributed by atoms with E-state index >= 15 is 0 Å². The van der Waals surface area contributed by atoms with Crippen molar-refractivity contribution in [1.82, 2.24) is 4.57 Å². The number of rotatable bonds is 3. The smallest absolute Gasteiger partial charge is 0.246 e. The van der Waals surface area contributed by atoms with E-state index < -0.39 is 0 Å². The van der Waals surface area contributed by atoms with Crippen LogP contribution < -0.4 is 0 Å². The van der Waals surface area contributed by atoms with Crippen LogP contribution in [0.5, 0.6) is 0 Å². The largest absolute Gasteiger partial charge is 0.463 e. The van der Waals surface area contributed by atoms with E-state index in [2.05, 4.69) is 18.4 Å². The van der Waals surface area contributed by atoms with Crippen molar-refractivity contribution in [2.45, 2.75) is 0 Å². The van der Waals surface area contributed by atoms with Crippen LogP contribution in [-0.2, 0) is 0 Å². The van der Waals surface area contributed by atoms with Gasteiger partial charge in [-0.15, -0.1) is 11.3 Å². The fourth-order valence-electron chi connectivity index (χ4n) is 1.96. The Bertz CT molecular complexity index is 827. The second kappa shape index (κ2) is 5.70. The van der Waals surface area contributed by atoms with Gasteiger partial charge in [-0.2, -0.15) is 0 Å². The summed E-state index contributed by atoms with van der Waals surface area (Å²) in [4.78, 5) is 12.5. The molecule has 3 aromatic rings. The number of nitrogens with zero attached hydrogens (tertiary/aromatic N) is 1. The summed E-state index contributed by atoms with van der Waals surface area (Å²) >= 11 is 1.39. The van der Waals surface area contributed by atoms with Crippen LogP contribution in [0.15, 0.2) is 59.0 Å². The zero-order valence-corrected chi connectivity index (χ0v) is 11.9. The summed E-state index contributed by atoms with van der Waals surface area (Å²) in [5, 5.41) is 1.86. The molecule has 0 spiro atoms. The van der Waals surface area contributed by atoms with E-state index in [0.717, 1.165) is 11.5 Å². The van der Waals surface area contributed by atoms with E-state index in [0.29, 0.717) is 10.6 Å². The number of hydrogen-bond donors (Lipinski definition) is 0. The Kier molecular flexibility index (Phi) is 3.59. The molecule has 0 unspecified atom stereocenters. The highest BCUT2D eigenvalue weighted by molar-refractivity contribution is 7.12. The fraction of sp³-hybridized carbons (Fsp3) is 0. The minimum atomic E-state index is -0.179. The fourth-order valence-corrected chi connectivity index (χ4v) is 2.58. The van der Waals surface area contributed by atoms with Gasteiger partial charge in [0.2, 0.25) is 5.78 Å². The SMILES string of the molecule is C=Cn1c(C#CC(=O)c2cccs2)ccc1-c1ccco1. The van der Waals surface area contributed by atoms with Crippen molar-refractivity contribution < 1.29 is 9.21 Å². The molecule has 3 nitrogen and oxygen atoms in total. The molecule has 3 heterocycles. The normalized spacial score (nSPS) is 9.90. The maximum Gasteiger partial charge on any atom is 0.246 e. The Morgan fingerprint density at radius 2 is 2.19 bits per heavy atom. The number of furan rings is 1. The summed E-state index contributed by atoms with van der Waals surface area (Å²) in [6, 6.07) is 11.0. The summed E-state index contributed by atoms with van der Waals surface area (Å²) in [6.45, 7) is 3.78. The van der Waals surface area contributed by atoms with Crippen molar-refractivity contribution in [3.8, 4) is 23.3 Å². The van der Waals surface area contributed by atoms with E-state index in [1.807, 2.05) is 35.7 Å². The van der Waals surface area contributed by atoms with E-state index in [9.17, 15) is 4.79 Å². The van der Waals surface area contributed by atoms with Crippen molar-refractivity contribution in [2.24, 2.45) is 0 Å². The first-order valence-electron chi connectivity index (χ1n) is 6.27. The topological polar surface area (TPSA) is 35.1 Å². The first-order valence-corrected chi connectivity index (χ1v) is 7.15. The molecule has 102 valence electrons. The summed E-state index contributed by atoms with van der Waals surface area (Å²) in [6.07, 6.45) is 3.26. The highest BCUT2D eigenvalue weighted by Crippen LogP contribution is 2.23. The lowest BCUT2D eigenvalue weighted by molar-refractivity contribution is 0.106. The molecule has 0 bridgehead atoms. The molecule has 3 rings (SSSR count). The summed E-state index contributed by atoms with van der Waals surface area (Å²) in [5.74, 6) is 6.10. The number of Topliss-reactive ketones (excluding diaryl/α,β-unsaturated/α-hetero) is 1. The number of carbonyl (C=O) groups is 1. The third-order valence-electron chi connectivity index (χ3n) is 2.92. The van der Waals surface area contributed by atoms with Crippen LogP contribution in [0.1, 0.15) is 15.4 Å². The van der Waals surface area contributed by atoms with Crippen LogP contribution >= 0.6 is 11.3 Å². The maximum atomic E-state index is 11.9. The quantitative estimate of drug-likeness (QED) is 0.537. The number of ketones is 1. The molecule has 0 aliphatic heterocycles. The number of thiophene rings is 1. The Labute approximate surface area is 126 Å². The molecule has 0 N–H and O–H groups in total. The third kappa shape index (κ3) is 2.60. The van der Waals surface area contributed by atoms with Crippen molar-refractivity contribution >= 4 is 23.3 Å². The lowest BCUT2D eigenvalue weighted by Crippen LogP contribution is -1.94. The predicted molar refractivity (Wildman–Crippen MR) is 84.0 cm³/mol. The third-order valence-corrected chi connectivity index (χ3v) is 3.79. The summed E-state index contributed by atoms with van der Waals surface area (Å²) in [7, 11) is 0. The maximum absolute atomic E-state index is 11.9. The second-order valence-corrected chi connectivity index (χ2v) is 5.14. The zero-order chi connectivity index (χ0) is 14.7. The first-order chi connectivity index (χ1) is 10.3. The number of carbonyl (C=O) groups excluding carboxylic acids is 1. The van der Waals surface area contributed by atoms with Gasteiger partial charge in [-0.1, -0.05) is 12.6 Å². The second-order valence-electron chi connectivity index (χ2n) is 4.19. The summed E-state index contributed by atoms with van der Waals surface area (Å²) in [5.41, 5.74) is 1.55. The number of hydrogen-bond acceptors (Lipinski definition) is 3. The van der Waals surface area contributed by atoms with Crippen LogP contribution in [-0.4, -0.2) is 10.4 Å². The Balaban J connectivity index is 1.94. The highest BCUT2D eigenvalue weighted by Gasteiger charge is 2.09. The van der Waals surface area contributed by atoms with Gasteiger partial charge in [0.1, 0.15) is 0 Å². The average Bonchev–Trinajstić information content (AvgIpc) is 3.24. The molecule has 0 fully saturated rings. The van der Waals surface area contributed by atoms with Gasteiger partial charge in [-0.3, -0.25) is 4.79 Å². The molecule has 0 saturated heterocycles. The van der Waals surface area contributed by atoms with Crippen molar-refractivity contribution in [3.05, 3.63) is 65.2 Å². The lowest BCUT2D eigenvalue weighted by Gasteiger charge is -2.01. The van der Waals surface area contributed by atoms with Gasteiger partial charge in [0.25, 0.3) is 0 Å². The zero-order valence-electron chi connectivity index (χ0n) is 11.1. The molecule has 0 radical (unpaired) electrons. The molecule has 0 saturated carbocycles. The Hall–Kier alpha value is -2.77. The average molecular weight is 293 g/mol. The molecule has 4 heteroatoms. The molecule has 3 aromatic heterocycles. The highest BCUT2D eigenvalue weighted by atomic mass is 32.1. The minimum Gasteiger partial charge on any atom is -0.463 e. The van der Waals surface area contributed by atoms with Gasteiger partial charge in [-0.25, -0.2) is 0 Å². The molecule has 0 amide bonds. The van der Waals surface area contributed by atoms with E-state index in [4.69, 9.17) is 4.42 Å². The molecule has 21 heavy (non-hydrogen) atoms. The first kappa shape index (κ1) is 13.2. The standard InChI is InChI=1S/C17H11NO2S/c1-2-18-13(7-9-14(18)16-5-3-11-20-16)8-10-15(19)17-6-4-12-21-17/h2-7,9,11-12H,1H2. The van der Waals surface area contributed by atoms with Gasteiger partial charge >= 0.3 is 0 Å². The van der Waals surface area contributed by atoms with Crippen LogP contribution in [0.3, 0.4) is 0 Å². The Morgan fingerprint density at radius 3 is 2.86 bits per heavy atom. The molecule has 0 atom stereocenters. The van der Waals surface area contributed by atoms with Crippen LogP contribution in [0.2, 0.25) is 0 Å². The van der Waals surface area contributed by atoms with E-state index in [1.165, 1.54) is 11.3 Å².